The maximum atomic E-state index is 12.4. The van der Waals surface area contributed by atoms with E-state index in [-0.39, 0.29) is 5.56 Å². The first-order chi connectivity index (χ1) is 12.2. The van der Waals surface area contributed by atoms with Gasteiger partial charge < -0.3 is 5.32 Å². The number of aromatic nitrogens is 5. The number of hydrogen-bond acceptors (Lipinski definition) is 7. The molecule has 0 radical (unpaired) electrons. The summed E-state index contributed by atoms with van der Waals surface area (Å²) in [4.78, 5) is 29.9. The molecule has 0 spiro atoms. The summed E-state index contributed by atoms with van der Waals surface area (Å²) in [5, 5.41) is 6.46. The van der Waals surface area contributed by atoms with Gasteiger partial charge in [0.15, 0.2) is 10.8 Å². The van der Waals surface area contributed by atoms with Crippen LogP contribution in [0.3, 0.4) is 0 Å². The lowest BCUT2D eigenvalue weighted by atomic mass is 10.2. The highest BCUT2D eigenvalue weighted by molar-refractivity contribution is 7.13. The molecule has 0 fully saturated rings. The lowest BCUT2D eigenvalue weighted by molar-refractivity contribution is 0.755. The van der Waals surface area contributed by atoms with Crippen LogP contribution in [-0.4, -0.2) is 24.5 Å². The minimum absolute atomic E-state index is 0.0615. The van der Waals surface area contributed by atoms with Gasteiger partial charge in [0.1, 0.15) is 11.6 Å². The Morgan fingerprint density at radius 1 is 1.12 bits per heavy atom. The van der Waals surface area contributed by atoms with Gasteiger partial charge in [0.2, 0.25) is 0 Å². The van der Waals surface area contributed by atoms with Gasteiger partial charge in [0, 0.05) is 24.8 Å². The van der Waals surface area contributed by atoms with E-state index in [4.69, 9.17) is 0 Å². The van der Waals surface area contributed by atoms with Crippen molar-refractivity contribution in [1.82, 2.24) is 24.5 Å². The van der Waals surface area contributed by atoms with Gasteiger partial charge in [-0.2, -0.15) is 0 Å². The molecular formula is C17H14N6OS. The van der Waals surface area contributed by atoms with E-state index in [9.17, 15) is 4.79 Å². The minimum Gasteiger partial charge on any atom is -0.363 e. The van der Waals surface area contributed by atoms with Crippen LogP contribution >= 0.6 is 11.3 Å². The van der Waals surface area contributed by atoms with Crippen LogP contribution in [0.1, 0.15) is 5.82 Å². The quantitative estimate of drug-likeness (QED) is 0.608. The third kappa shape index (κ3) is 2.99. The largest absolute Gasteiger partial charge is 0.363 e. The van der Waals surface area contributed by atoms with E-state index in [0.717, 1.165) is 5.01 Å². The maximum Gasteiger partial charge on any atom is 0.261 e. The molecule has 0 aliphatic rings. The Kier molecular flexibility index (Phi) is 3.95. The lowest BCUT2D eigenvalue weighted by Crippen LogP contribution is -2.24. The summed E-state index contributed by atoms with van der Waals surface area (Å²) in [6.45, 7) is 0.380. The standard InChI is InChI=1S/C17H14N6OS/c1-23-14(21-12-5-3-2-4-11(12)17(23)24)10-20-13-6-7-18-15(22-13)16-19-8-9-25-16/h2-9H,10H2,1H3,(H,18,20,22). The smallest absolute Gasteiger partial charge is 0.261 e. The van der Waals surface area contributed by atoms with E-state index in [1.165, 1.54) is 11.3 Å². The number of anilines is 1. The number of nitrogens with one attached hydrogen (secondary N) is 1. The average Bonchev–Trinajstić information content (AvgIpc) is 3.19. The Morgan fingerprint density at radius 3 is 2.84 bits per heavy atom. The topological polar surface area (TPSA) is 85.6 Å². The van der Waals surface area contributed by atoms with E-state index < -0.39 is 0 Å². The molecule has 8 heteroatoms. The molecule has 0 saturated heterocycles. The zero-order valence-electron chi connectivity index (χ0n) is 13.4. The Labute approximate surface area is 147 Å². The van der Waals surface area contributed by atoms with Crippen LogP contribution in [0.4, 0.5) is 5.82 Å². The number of thiazole rings is 1. The molecule has 3 aromatic heterocycles. The number of hydrogen-bond donors (Lipinski definition) is 1. The van der Waals surface area contributed by atoms with Gasteiger partial charge in [-0.05, 0) is 18.2 Å². The summed E-state index contributed by atoms with van der Waals surface area (Å²) in [6, 6.07) is 9.11. The maximum absolute atomic E-state index is 12.4. The Balaban J connectivity index is 1.62. The number of fused-ring (bicyclic) bond motifs is 1. The van der Waals surface area contributed by atoms with Gasteiger partial charge in [-0.15, -0.1) is 11.3 Å². The fourth-order valence-corrected chi connectivity index (χ4v) is 3.06. The first-order valence-corrected chi connectivity index (χ1v) is 8.52. The van der Waals surface area contributed by atoms with Crippen LogP contribution < -0.4 is 10.9 Å². The molecule has 7 nitrogen and oxygen atoms in total. The van der Waals surface area contributed by atoms with E-state index in [1.54, 1.807) is 36.1 Å². The van der Waals surface area contributed by atoms with Gasteiger partial charge in [0.05, 0.1) is 17.4 Å². The number of rotatable bonds is 4. The fourth-order valence-electron chi connectivity index (χ4n) is 2.49. The fraction of sp³-hybridized carbons (Fsp3) is 0.118. The zero-order valence-corrected chi connectivity index (χ0v) is 14.2. The second kappa shape index (κ2) is 6.40. The molecular weight excluding hydrogens is 336 g/mol. The predicted molar refractivity (Wildman–Crippen MR) is 97.5 cm³/mol. The molecule has 0 atom stereocenters. The molecule has 1 aromatic carbocycles. The molecule has 4 aromatic rings. The van der Waals surface area contributed by atoms with Gasteiger partial charge >= 0.3 is 0 Å². The molecule has 0 saturated carbocycles. The molecule has 0 aliphatic heterocycles. The van der Waals surface area contributed by atoms with Crippen molar-refractivity contribution in [2.24, 2.45) is 7.05 Å². The second-order valence-electron chi connectivity index (χ2n) is 5.37. The van der Waals surface area contributed by atoms with Crippen molar-refractivity contribution in [3.63, 3.8) is 0 Å². The second-order valence-corrected chi connectivity index (χ2v) is 6.26. The van der Waals surface area contributed by atoms with Gasteiger partial charge in [-0.1, -0.05) is 12.1 Å². The minimum atomic E-state index is -0.0615. The Morgan fingerprint density at radius 2 is 2.00 bits per heavy atom. The normalized spacial score (nSPS) is 10.9. The molecule has 3 heterocycles. The molecule has 25 heavy (non-hydrogen) atoms. The van der Waals surface area contributed by atoms with Gasteiger partial charge in [0.25, 0.3) is 5.56 Å². The molecule has 1 N–H and O–H groups in total. The molecule has 0 unspecified atom stereocenters. The van der Waals surface area contributed by atoms with E-state index in [0.29, 0.717) is 34.9 Å². The highest BCUT2D eigenvalue weighted by Gasteiger charge is 2.09. The van der Waals surface area contributed by atoms with Crippen LogP contribution in [0.15, 0.2) is 52.9 Å². The van der Waals surface area contributed by atoms with Crippen LogP contribution in [0, 0.1) is 0 Å². The molecule has 4 rings (SSSR count). The monoisotopic (exact) mass is 350 g/mol. The first-order valence-electron chi connectivity index (χ1n) is 7.64. The third-order valence-electron chi connectivity index (χ3n) is 3.78. The number of para-hydroxylation sites is 1. The zero-order chi connectivity index (χ0) is 17.2. The summed E-state index contributed by atoms with van der Waals surface area (Å²) in [5.74, 6) is 1.86. The van der Waals surface area contributed by atoms with Crippen molar-refractivity contribution in [1.29, 1.82) is 0 Å². The number of nitrogens with zero attached hydrogens (tertiary/aromatic N) is 5. The summed E-state index contributed by atoms with van der Waals surface area (Å²) in [7, 11) is 1.72. The molecule has 0 bridgehead atoms. The first kappa shape index (κ1) is 15.4. The number of benzene rings is 1. The highest BCUT2D eigenvalue weighted by Crippen LogP contribution is 2.18. The highest BCUT2D eigenvalue weighted by atomic mass is 32.1. The van der Waals surface area contributed by atoms with Crippen molar-refractivity contribution >= 4 is 28.1 Å². The lowest BCUT2D eigenvalue weighted by Gasteiger charge is -2.10. The van der Waals surface area contributed by atoms with Crippen molar-refractivity contribution < 1.29 is 0 Å². The SMILES string of the molecule is Cn1c(CNc2ccnc(-c3nccs3)n2)nc2ccccc2c1=O. The Bertz CT molecular complexity index is 1090. The van der Waals surface area contributed by atoms with E-state index in [1.807, 2.05) is 23.6 Å². The van der Waals surface area contributed by atoms with Crippen molar-refractivity contribution in [3.05, 3.63) is 64.3 Å². The molecule has 124 valence electrons. The average molecular weight is 350 g/mol. The summed E-state index contributed by atoms with van der Waals surface area (Å²) in [5.41, 5.74) is 0.627. The van der Waals surface area contributed by atoms with E-state index in [2.05, 4.69) is 25.3 Å². The van der Waals surface area contributed by atoms with Crippen LogP contribution in [-0.2, 0) is 13.6 Å². The summed E-state index contributed by atoms with van der Waals surface area (Å²) in [6.07, 6.45) is 3.40. The summed E-state index contributed by atoms with van der Waals surface area (Å²) >= 11 is 1.48. The van der Waals surface area contributed by atoms with Crippen LogP contribution in [0.2, 0.25) is 0 Å². The predicted octanol–water partition coefficient (Wildman–Crippen LogP) is 2.46. The van der Waals surface area contributed by atoms with Crippen molar-refractivity contribution in [2.45, 2.75) is 6.54 Å². The Hall–Kier alpha value is -3.13. The van der Waals surface area contributed by atoms with Crippen molar-refractivity contribution in [3.8, 4) is 10.8 Å². The summed E-state index contributed by atoms with van der Waals surface area (Å²) < 4.78 is 1.55. The third-order valence-corrected chi connectivity index (χ3v) is 4.55. The van der Waals surface area contributed by atoms with Crippen LogP contribution in [0.25, 0.3) is 21.7 Å². The van der Waals surface area contributed by atoms with Crippen molar-refractivity contribution in [2.75, 3.05) is 5.32 Å². The van der Waals surface area contributed by atoms with Gasteiger partial charge in [-0.3, -0.25) is 9.36 Å². The molecule has 0 amide bonds. The van der Waals surface area contributed by atoms with E-state index >= 15 is 0 Å². The van der Waals surface area contributed by atoms with Gasteiger partial charge in [-0.25, -0.2) is 19.9 Å². The van der Waals surface area contributed by atoms with Crippen LogP contribution in [0.5, 0.6) is 0 Å². The molecule has 0 aliphatic carbocycles.